The third-order valence-electron chi connectivity index (χ3n) is 2.09. The minimum atomic E-state index is 0.108. The van der Waals surface area contributed by atoms with Crippen molar-refractivity contribution in [3.8, 4) is 0 Å². The van der Waals surface area contributed by atoms with Crippen molar-refractivity contribution < 1.29 is 4.79 Å². The molecule has 0 spiro atoms. The summed E-state index contributed by atoms with van der Waals surface area (Å²) < 4.78 is 0. The first-order valence-corrected chi connectivity index (χ1v) is 4.71. The van der Waals surface area contributed by atoms with Gasteiger partial charge in [-0.1, -0.05) is 19.4 Å². The number of rotatable bonds is 4. The van der Waals surface area contributed by atoms with Gasteiger partial charge in [0.2, 0.25) is 0 Å². The zero-order valence-corrected chi connectivity index (χ0v) is 9.64. The summed E-state index contributed by atoms with van der Waals surface area (Å²) in [7, 11) is 4.02. The lowest BCUT2D eigenvalue weighted by Gasteiger charge is -2.13. The molecule has 2 nitrogen and oxygen atoms in total. The lowest BCUT2D eigenvalue weighted by atomic mass is 9.98. The van der Waals surface area contributed by atoms with E-state index in [9.17, 15) is 4.79 Å². The van der Waals surface area contributed by atoms with Crippen molar-refractivity contribution in [1.29, 1.82) is 0 Å². The van der Waals surface area contributed by atoms with Crippen molar-refractivity contribution in [1.82, 2.24) is 4.90 Å². The van der Waals surface area contributed by atoms with Gasteiger partial charge in [0.1, 0.15) is 0 Å². The lowest BCUT2D eigenvalue weighted by Crippen LogP contribution is -2.18. The third kappa shape index (κ3) is 4.23. The summed E-state index contributed by atoms with van der Waals surface area (Å²) in [4.78, 5) is 13.7. The predicted octanol–water partition coefficient (Wildman–Crippen LogP) is 2.11. The molecule has 0 aliphatic carbocycles. The highest BCUT2D eigenvalue weighted by molar-refractivity contribution is 5.96. The van der Waals surface area contributed by atoms with Gasteiger partial charge in [-0.3, -0.25) is 4.79 Å². The average molecular weight is 183 g/mol. The maximum Gasteiger partial charge on any atom is 0.161 e. The Balaban J connectivity index is 4.52. The fourth-order valence-corrected chi connectivity index (χ4v) is 1.24. The van der Waals surface area contributed by atoms with E-state index in [1.165, 1.54) is 5.57 Å². The van der Waals surface area contributed by atoms with E-state index in [-0.39, 0.29) is 11.7 Å². The summed E-state index contributed by atoms with van der Waals surface area (Å²) in [6, 6.07) is 0. The maximum absolute atomic E-state index is 11.6. The molecule has 0 unspecified atom stereocenters. The first kappa shape index (κ1) is 12.4. The molecule has 0 rings (SSSR count). The first-order chi connectivity index (χ1) is 5.86. The molecule has 0 saturated carbocycles. The molecule has 0 N–H and O–H groups in total. The number of ketones is 1. The van der Waals surface area contributed by atoms with Gasteiger partial charge in [-0.2, -0.15) is 0 Å². The van der Waals surface area contributed by atoms with E-state index in [1.54, 1.807) is 0 Å². The summed E-state index contributed by atoms with van der Waals surface area (Å²) in [5.74, 6) is 0.372. The maximum atomic E-state index is 11.6. The Kier molecular flexibility index (Phi) is 4.92. The van der Waals surface area contributed by atoms with Gasteiger partial charge in [0.05, 0.1) is 0 Å². The summed E-state index contributed by atoms with van der Waals surface area (Å²) in [6.45, 7) is 8.69. The van der Waals surface area contributed by atoms with Crippen LogP contribution in [0, 0.1) is 5.92 Å². The number of Topliss-reactive ketones (excluding diaryl/α,β-unsaturated/α-hetero) is 1. The quantitative estimate of drug-likeness (QED) is 0.622. The number of carbonyl (C=O) groups is 1. The molecule has 0 bridgehead atoms. The van der Waals surface area contributed by atoms with Crippen LogP contribution in [-0.2, 0) is 4.79 Å². The molecular formula is C11H21NO. The van der Waals surface area contributed by atoms with E-state index in [0.717, 1.165) is 12.1 Å². The molecule has 0 fully saturated rings. The topological polar surface area (TPSA) is 20.3 Å². The SMILES string of the molecule is C/C(CN(C)C)=C(/C)C(=O)C(C)C. The second-order valence-corrected chi connectivity index (χ2v) is 4.16. The van der Waals surface area contributed by atoms with E-state index in [1.807, 2.05) is 41.8 Å². The Labute approximate surface area is 81.6 Å². The number of likely N-dealkylation sites (N-methyl/N-ethyl adjacent to an activating group) is 1. The largest absolute Gasteiger partial charge is 0.305 e. The van der Waals surface area contributed by atoms with E-state index in [4.69, 9.17) is 0 Å². The fourth-order valence-electron chi connectivity index (χ4n) is 1.24. The van der Waals surface area contributed by atoms with Crippen LogP contribution in [0.4, 0.5) is 0 Å². The Hall–Kier alpha value is -0.630. The highest BCUT2D eigenvalue weighted by Crippen LogP contribution is 2.10. The minimum absolute atomic E-state index is 0.108. The van der Waals surface area contributed by atoms with Gasteiger partial charge in [-0.05, 0) is 33.5 Å². The van der Waals surface area contributed by atoms with Gasteiger partial charge in [0.15, 0.2) is 5.78 Å². The number of hydrogen-bond acceptors (Lipinski definition) is 2. The van der Waals surface area contributed by atoms with Crippen molar-refractivity contribution in [2.24, 2.45) is 5.92 Å². The molecule has 0 aromatic carbocycles. The van der Waals surface area contributed by atoms with Crippen molar-refractivity contribution in [2.75, 3.05) is 20.6 Å². The summed E-state index contributed by atoms with van der Waals surface area (Å²) in [5, 5.41) is 0. The van der Waals surface area contributed by atoms with Crippen LogP contribution in [0.2, 0.25) is 0 Å². The van der Waals surface area contributed by atoms with E-state index in [0.29, 0.717) is 0 Å². The number of hydrogen-bond donors (Lipinski definition) is 0. The summed E-state index contributed by atoms with van der Waals surface area (Å²) in [6.07, 6.45) is 0. The average Bonchev–Trinajstić information content (AvgIpc) is 2.00. The van der Waals surface area contributed by atoms with Crippen LogP contribution in [0.15, 0.2) is 11.1 Å². The van der Waals surface area contributed by atoms with Crippen molar-refractivity contribution in [2.45, 2.75) is 27.7 Å². The van der Waals surface area contributed by atoms with Gasteiger partial charge in [-0.25, -0.2) is 0 Å². The van der Waals surface area contributed by atoms with Crippen LogP contribution < -0.4 is 0 Å². The summed E-state index contributed by atoms with van der Waals surface area (Å²) >= 11 is 0. The number of carbonyl (C=O) groups excluding carboxylic acids is 1. The highest BCUT2D eigenvalue weighted by atomic mass is 16.1. The molecule has 0 aromatic heterocycles. The van der Waals surface area contributed by atoms with E-state index < -0.39 is 0 Å². The zero-order chi connectivity index (χ0) is 10.6. The van der Waals surface area contributed by atoms with Crippen LogP contribution in [0.5, 0.6) is 0 Å². The minimum Gasteiger partial charge on any atom is -0.305 e. The molecule has 76 valence electrons. The van der Waals surface area contributed by atoms with Gasteiger partial charge >= 0.3 is 0 Å². The van der Waals surface area contributed by atoms with E-state index >= 15 is 0 Å². The smallest absolute Gasteiger partial charge is 0.161 e. The van der Waals surface area contributed by atoms with Crippen molar-refractivity contribution >= 4 is 5.78 Å². The number of allylic oxidation sites excluding steroid dienone is 1. The molecule has 0 saturated heterocycles. The van der Waals surface area contributed by atoms with Gasteiger partial charge in [0, 0.05) is 12.5 Å². The first-order valence-electron chi connectivity index (χ1n) is 4.71. The lowest BCUT2D eigenvalue weighted by molar-refractivity contribution is -0.118. The number of nitrogens with zero attached hydrogens (tertiary/aromatic N) is 1. The second-order valence-electron chi connectivity index (χ2n) is 4.16. The molecule has 0 amide bonds. The van der Waals surface area contributed by atoms with Crippen molar-refractivity contribution in [3.63, 3.8) is 0 Å². The zero-order valence-electron chi connectivity index (χ0n) is 9.64. The molecular weight excluding hydrogens is 162 g/mol. The van der Waals surface area contributed by atoms with Crippen LogP contribution >= 0.6 is 0 Å². The Morgan fingerprint density at radius 3 is 2.00 bits per heavy atom. The summed E-state index contributed by atoms with van der Waals surface area (Å²) in [5.41, 5.74) is 2.09. The molecule has 0 aromatic rings. The standard InChI is InChI=1S/C11H21NO/c1-8(2)11(13)10(4)9(3)7-12(5)6/h8H,7H2,1-6H3/b10-9+. The van der Waals surface area contributed by atoms with Gasteiger partial charge in [-0.15, -0.1) is 0 Å². The predicted molar refractivity (Wildman–Crippen MR) is 56.8 cm³/mol. The van der Waals surface area contributed by atoms with Crippen LogP contribution in [0.1, 0.15) is 27.7 Å². The second kappa shape index (κ2) is 5.18. The third-order valence-corrected chi connectivity index (χ3v) is 2.09. The Morgan fingerprint density at radius 1 is 1.23 bits per heavy atom. The Morgan fingerprint density at radius 2 is 1.69 bits per heavy atom. The van der Waals surface area contributed by atoms with Gasteiger partial charge < -0.3 is 4.90 Å². The molecule has 0 aliphatic heterocycles. The molecule has 0 radical (unpaired) electrons. The van der Waals surface area contributed by atoms with Crippen LogP contribution in [0.3, 0.4) is 0 Å². The molecule has 0 heterocycles. The normalized spacial score (nSPS) is 13.5. The van der Waals surface area contributed by atoms with Crippen molar-refractivity contribution in [3.05, 3.63) is 11.1 Å². The molecule has 13 heavy (non-hydrogen) atoms. The molecule has 2 heteroatoms. The van der Waals surface area contributed by atoms with Gasteiger partial charge in [0.25, 0.3) is 0 Å². The monoisotopic (exact) mass is 183 g/mol. The highest BCUT2D eigenvalue weighted by Gasteiger charge is 2.11. The Bertz CT molecular complexity index is 214. The van der Waals surface area contributed by atoms with Crippen LogP contribution in [0.25, 0.3) is 0 Å². The van der Waals surface area contributed by atoms with Crippen LogP contribution in [-0.4, -0.2) is 31.3 Å². The molecule has 0 aliphatic rings. The molecule has 0 atom stereocenters. The van der Waals surface area contributed by atoms with E-state index in [2.05, 4.69) is 4.90 Å². The fraction of sp³-hybridized carbons (Fsp3) is 0.727.